The first-order valence-corrected chi connectivity index (χ1v) is 10.4. The number of hydrogen-bond donors (Lipinski definition) is 1. The molecule has 0 saturated carbocycles. The third kappa shape index (κ3) is 14.5. The van der Waals surface area contributed by atoms with Crippen molar-refractivity contribution in [1.82, 2.24) is 5.32 Å². The van der Waals surface area contributed by atoms with Crippen LogP contribution in [0.2, 0.25) is 0 Å². The van der Waals surface area contributed by atoms with Gasteiger partial charge in [-0.2, -0.15) is 0 Å². The van der Waals surface area contributed by atoms with E-state index in [0.29, 0.717) is 0 Å². The van der Waals surface area contributed by atoms with E-state index in [4.69, 9.17) is 0 Å². The van der Waals surface area contributed by atoms with Crippen LogP contribution in [-0.2, 0) is 6.54 Å². The molecule has 1 aromatic carbocycles. The Balaban J connectivity index is 0.00000576. The predicted octanol–water partition coefficient (Wildman–Crippen LogP) is 7.83. The van der Waals surface area contributed by atoms with Gasteiger partial charge < -0.3 is 5.32 Å². The molecule has 0 fully saturated rings. The van der Waals surface area contributed by atoms with Crippen molar-refractivity contribution in [3.8, 4) is 0 Å². The first kappa shape index (κ1) is 24.7. The van der Waals surface area contributed by atoms with E-state index in [1.807, 2.05) is 0 Å². The van der Waals surface area contributed by atoms with E-state index in [0.717, 1.165) is 6.54 Å². The molecule has 1 rings (SSSR count). The number of halogens is 1. The van der Waals surface area contributed by atoms with Gasteiger partial charge in [-0.05, 0) is 25.8 Å². The number of benzene rings is 1. The fourth-order valence-electron chi connectivity index (χ4n) is 3.26. The van der Waals surface area contributed by atoms with Gasteiger partial charge >= 0.3 is 0 Å². The highest BCUT2D eigenvalue weighted by molar-refractivity contribution is 8.93. The molecule has 2 heteroatoms. The smallest absolute Gasteiger partial charge is 0.0210 e. The molecule has 1 N–H and O–H groups in total. The topological polar surface area (TPSA) is 12.0 Å². The lowest BCUT2D eigenvalue weighted by molar-refractivity contribution is 0.344. The first-order valence-electron chi connectivity index (χ1n) is 10.4. The Morgan fingerprint density at radius 1 is 0.720 bits per heavy atom. The lowest BCUT2D eigenvalue weighted by Gasteiger charge is -2.26. The molecule has 0 atom stereocenters. The summed E-state index contributed by atoms with van der Waals surface area (Å²) in [7, 11) is 0. The lowest BCUT2D eigenvalue weighted by Crippen LogP contribution is -2.38. The quantitative estimate of drug-likeness (QED) is 0.289. The Labute approximate surface area is 168 Å². The minimum Gasteiger partial charge on any atom is -0.308 e. The summed E-state index contributed by atoms with van der Waals surface area (Å²) < 4.78 is 0. The largest absolute Gasteiger partial charge is 0.308 e. The summed E-state index contributed by atoms with van der Waals surface area (Å²) >= 11 is 0. The van der Waals surface area contributed by atoms with E-state index in [1.54, 1.807) is 0 Å². The molecule has 0 aliphatic rings. The molecule has 0 aliphatic heterocycles. The first-order chi connectivity index (χ1) is 11.6. The second kappa shape index (κ2) is 15.9. The van der Waals surface area contributed by atoms with Gasteiger partial charge in [-0.3, -0.25) is 0 Å². The van der Waals surface area contributed by atoms with Gasteiger partial charge in [0.25, 0.3) is 0 Å². The van der Waals surface area contributed by atoms with Gasteiger partial charge in [-0.1, -0.05) is 108 Å². The van der Waals surface area contributed by atoms with Gasteiger partial charge in [0.15, 0.2) is 0 Å². The SMILES string of the molecule is Br.CCCCCCCCCCCCCC(C)(C)NCc1ccccc1. The van der Waals surface area contributed by atoms with Crippen molar-refractivity contribution >= 4 is 17.0 Å². The minimum absolute atomic E-state index is 0. The van der Waals surface area contributed by atoms with Crippen molar-refractivity contribution in [1.29, 1.82) is 0 Å². The highest BCUT2D eigenvalue weighted by Gasteiger charge is 2.15. The van der Waals surface area contributed by atoms with Gasteiger partial charge in [-0.15, -0.1) is 17.0 Å². The van der Waals surface area contributed by atoms with Crippen molar-refractivity contribution in [3.05, 3.63) is 35.9 Å². The second-order valence-electron chi connectivity index (χ2n) is 8.01. The molecule has 146 valence electrons. The maximum absolute atomic E-state index is 3.71. The van der Waals surface area contributed by atoms with Crippen LogP contribution in [0.3, 0.4) is 0 Å². The summed E-state index contributed by atoms with van der Waals surface area (Å²) in [4.78, 5) is 0. The Morgan fingerprint density at radius 3 is 1.72 bits per heavy atom. The zero-order valence-electron chi connectivity index (χ0n) is 17.0. The summed E-state index contributed by atoms with van der Waals surface area (Å²) in [5.74, 6) is 0. The van der Waals surface area contributed by atoms with Crippen LogP contribution in [0.15, 0.2) is 30.3 Å². The zero-order valence-corrected chi connectivity index (χ0v) is 18.7. The standard InChI is InChI=1S/C23H41N.BrH/c1-4-5-6-7-8-9-10-11-12-13-17-20-23(2,3)24-21-22-18-15-14-16-19-22;/h14-16,18-19,24H,4-13,17,20-21H2,1-3H3;1H. The molecular formula is C23H42BrN. The van der Waals surface area contributed by atoms with Crippen molar-refractivity contribution in [3.63, 3.8) is 0 Å². The average Bonchev–Trinajstić information content (AvgIpc) is 2.59. The van der Waals surface area contributed by atoms with Crippen LogP contribution in [0.5, 0.6) is 0 Å². The molecule has 0 amide bonds. The summed E-state index contributed by atoms with van der Waals surface area (Å²) in [5, 5.41) is 3.71. The molecule has 0 aliphatic carbocycles. The third-order valence-electron chi connectivity index (χ3n) is 5.02. The Bertz CT molecular complexity index is 388. The summed E-state index contributed by atoms with van der Waals surface area (Å²) in [5.41, 5.74) is 1.62. The van der Waals surface area contributed by atoms with Crippen molar-refractivity contribution in [2.24, 2.45) is 0 Å². The van der Waals surface area contributed by atoms with Crippen LogP contribution in [-0.4, -0.2) is 5.54 Å². The maximum atomic E-state index is 3.71. The number of rotatable bonds is 15. The van der Waals surface area contributed by atoms with Gasteiger partial charge in [0.1, 0.15) is 0 Å². The second-order valence-corrected chi connectivity index (χ2v) is 8.01. The Morgan fingerprint density at radius 2 is 1.20 bits per heavy atom. The van der Waals surface area contributed by atoms with Crippen molar-refractivity contribution in [2.45, 2.75) is 110 Å². The van der Waals surface area contributed by atoms with Crippen LogP contribution < -0.4 is 5.32 Å². The summed E-state index contributed by atoms with van der Waals surface area (Å²) in [6.45, 7) is 7.95. The Kier molecular flexibility index (Phi) is 15.7. The van der Waals surface area contributed by atoms with E-state index in [9.17, 15) is 0 Å². The fraction of sp³-hybridized carbons (Fsp3) is 0.739. The number of unbranched alkanes of at least 4 members (excludes halogenated alkanes) is 10. The summed E-state index contributed by atoms with van der Waals surface area (Å²) in [6.07, 6.45) is 16.9. The lowest BCUT2D eigenvalue weighted by atomic mass is 9.95. The molecule has 1 aromatic rings. The average molecular weight is 413 g/mol. The van der Waals surface area contributed by atoms with Crippen LogP contribution in [0.25, 0.3) is 0 Å². The zero-order chi connectivity index (χ0) is 17.5. The molecule has 0 spiro atoms. The van der Waals surface area contributed by atoms with Gasteiger partial charge in [-0.25, -0.2) is 0 Å². The van der Waals surface area contributed by atoms with E-state index in [2.05, 4.69) is 56.4 Å². The molecule has 1 nitrogen and oxygen atoms in total. The maximum Gasteiger partial charge on any atom is 0.0210 e. The monoisotopic (exact) mass is 411 g/mol. The van der Waals surface area contributed by atoms with Crippen LogP contribution in [0.1, 0.15) is 103 Å². The number of hydrogen-bond acceptors (Lipinski definition) is 1. The molecule has 0 heterocycles. The highest BCUT2D eigenvalue weighted by atomic mass is 79.9. The van der Waals surface area contributed by atoms with E-state index in [1.165, 1.54) is 82.6 Å². The Hall–Kier alpha value is -0.340. The van der Waals surface area contributed by atoms with E-state index >= 15 is 0 Å². The van der Waals surface area contributed by atoms with E-state index < -0.39 is 0 Å². The van der Waals surface area contributed by atoms with Gasteiger partial charge in [0.05, 0.1) is 0 Å². The van der Waals surface area contributed by atoms with Gasteiger partial charge in [0, 0.05) is 12.1 Å². The van der Waals surface area contributed by atoms with Crippen LogP contribution in [0.4, 0.5) is 0 Å². The fourth-order valence-corrected chi connectivity index (χ4v) is 3.26. The van der Waals surface area contributed by atoms with Crippen LogP contribution >= 0.6 is 17.0 Å². The molecule has 0 unspecified atom stereocenters. The molecule has 0 aromatic heterocycles. The van der Waals surface area contributed by atoms with Gasteiger partial charge in [0.2, 0.25) is 0 Å². The normalized spacial score (nSPS) is 11.3. The van der Waals surface area contributed by atoms with E-state index in [-0.39, 0.29) is 22.5 Å². The molecule has 0 radical (unpaired) electrons. The predicted molar refractivity (Wildman–Crippen MR) is 119 cm³/mol. The van der Waals surface area contributed by atoms with Crippen molar-refractivity contribution < 1.29 is 0 Å². The molecule has 25 heavy (non-hydrogen) atoms. The van der Waals surface area contributed by atoms with Crippen LogP contribution in [0, 0.1) is 0 Å². The number of nitrogens with one attached hydrogen (secondary N) is 1. The molecular weight excluding hydrogens is 370 g/mol. The highest BCUT2D eigenvalue weighted by Crippen LogP contribution is 2.17. The molecule has 0 saturated heterocycles. The van der Waals surface area contributed by atoms with Crippen molar-refractivity contribution in [2.75, 3.05) is 0 Å². The third-order valence-corrected chi connectivity index (χ3v) is 5.02. The minimum atomic E-state index is 0. The molecule has 0 bridgehead atoms. The summed E-state index contributed by atoms with van der Waals surface area (Å²) in [6, 6.07) is 10.7.